The topological polar surface area (TPSA) is 81.1 Å². The second-order valence-electron chi connectivity index (χ2n) is 4.96. The highest BCUT2D eigenvalue weighted by Gasteiger charge is 2.16. The van der Waals surface area contributed by atoms with Crippen molar-refractivity contribution in [3.8, 4) is 0 Å². The molecule has 0 saturated heterocycles. The van der Waals surface area contributed by atoms with E-state index < -0.39 is 15.7 Å². The van der Waals surface area contributed by atoms with E-state index in [0.717, 1.165) is 17.3 Å². The van der Waals surface area contributed by atoms with Crippen LogP contribution >= 0.6 is 11.6 Å². The first-order valence-electron chi connectivity index (χ1n) is 6.59. The Morgan fingerprint density at radius 3 is 2.70 bits per heavy atom. The van der Waals surface area contributed by atoms with Crippen molar-refractivity contribution in [3.63, 3.8) is 0 Å². The molecule has 118 valence electrons. The van der Waals surface area contributed by atoms with E-state index in [1.165, 1.54) is 29.2 Å². The van der Waals surface area contributed by atoms with Gasteiger partial charge in [-0.05, 0) is 30.3 Å². The van der Waals surface area contributed by atoms with Crippen molar-refractivity contribution in [2.24, 2.45) is 0 Å². The maximum atomic E-state index is 12.3. The lowest BCUT2D eigenvalue weighted by molar-refractivity contribution is 0.101. The van der Waals surface area contributed by atoms with Crippen LogP contribution in [0.5, 0.6) is 0 Å². The molecule has 0 unspecified atom stereocenters. The lowest BCUT2D eigenvalue weighted by Gasteiger charge is -2.09. The maximum absolute atomic E-state index is 12.3. The number of para-hydroxylation sites is 2. The molecule has 3 rings (SSSR count). The zero-order valence-corrected chi connectivity index (χ0v) is 13.6. The van der Waals surface area contributed by atoms with E-state index in [-0.39, 0.29) is 15.5 Å². The zero-order valence-electron chi connectivity index (χ0n) is 12.0. The van der Waals surface area contributed by atoms with Crippen LogP contribution in [0.15, 0.2) is 53.7 Å². The SMILES string of the molecule is CS(=O)(=O)c1cc(C(=O)Nn2cnc3ccccc32)ccc1Cl. The lowest BCUT2D eigenvalue weighted by Crippen LogP contribution is -2.22. The van der Waals surface area contributed by atoms with Gasteiger partial charge in [-0.25, -0.2) is 18.1 Å². The summed E-state index contributed by atoms with van der Waals surface area (Å²) in [5.41, 5.74) is 4.32. The highest BCUT2D eigenvalue weighted by molar-refractivity contribution is 7.90. The number of aromatic nitrogens is 2. The molecule has 0 fully saturated rings. The zero-order chi connectivity index (χ0) is 16.6. The van der Waals surface area contributed by atoms with Gasteiger partial charge >= 0.3 is 0 Å². The summed E-state index contributed by atoms with van der Waals surface area (Å²) in [6.45, 7) is 0. The summed E-state index contributed by atoms with van der Waals surface area (Å²) < 4.78 is 24.9. The first-order valence-corrected chi connectivity index (χ1v) is 8.86. The minimum absolute atomic E-state index is 0.0807. The molecule has 0 spiro atoms. The Morgan fingerprint density at radius 2 is 1.96 bits per heavy atom. The Labute approximate surface area is 137 Å². The van der Waals surface area contributed by atoms with Gasteiger partial charge in [0.25, 0.3) is 5.91 Å². The van der Waals surface area contributed by atoms with E-state index in [1.54, 1.807) is 0 Å². The van der Waals surface area contributed by atoms with Gasteiger partial charge in [0.15, 0.2) is 9.84 Å². The Kier molecular flexibility index (Phi) is 3.83. The van der Waals surface area contributed by atoms with Gasteiger partial charge in [0, 0.05) is 11.8 Å². The minimum Gasteiger partial charge on any atom is -0.267 e. The number of nitrogens with one attached hydrogen (secondary N) is 1. The van der Waals surface area contributed by atoms with Crippen LogP contribution in [-0.4, -0.2) is 30.2 Å². The molecular formula is C15H12ClN3O3S. The molecule has 0 saturated carbocycles. The van der Waals surface area contributed by atoms with E-state index in [1.807, 2.05) is 24.3 Å². The molecule has 1 amide bonds. The van der Waals surface area contributed by atoms with Crippen LogP contribution in [0.1, 0.15) is 10.4 Å². The number of hydrogen-bond acceptors (Lipinski definition) is 4. The van der Waals surface area contributed by atoms with Gasteiger partial charge in [0.05, 0.1) is 21.0 Å². The predicted octanol–water partition coefficient (Wildman–Crippen LogP) is 2.48. The van der Waals surface area contributed by atoms with Crippen LogP contribution in [0.4, 0.5) is 0 Å². The fourth-order valence-corrected chi connectivity index (χ4v) is 3.45. The highest BCUT2D eigenvalue weighted by Crippen LogP contribution is 2.22. The summed E-state index contributed by atoms with van der Waals surface area (Å²) in [4.78, 5) is 16.4. The van der Waals surface area contributed by atoms with E-state index in [4.69, 9.17) is 11.6 Å². The van der Waals surface area contributed by atoms with Crippen LogP contribution in [0.2, 0.25) is 5.02 Å². The molecule has 23 heavy (non-hydrogen) atoms. The van der Waals surface area contributed by atoms with Crippen LogP contribution in [0.3, 0.4) is 0 Å². The van der Waals surface area contributed by atoms with E-state index in [0.29, 0.717) is 0 Å². The molecule has 0 aliphatic rings. The summed E-state index contributed by atoms with van der Waals surface area (Å²) in [5, 5.41) is 0.0807. The van der Waals surface area contributed by atoms with Crippen molar-refractivity contribution in [2.75, 3.05) is 11.7 Å². The lowest BCUT2D eigenvalue weighted by atomic mass is 10.2. The number of nitrogens with zero attached hydrogens (tertiary/aromatic N) is 2. The average molecular weight is 350 g/mol. The molecule has 0 aliphatic carbocycles. The van der Waals surface area contributed by atoms with Gasteiger partial charge in [-0.15, -0.1) is 0 Å². The number of fused-ring (bicyclic) bond motifs is 1. The average Bonchev–Trinajstić information content (AvgIpc) is 2.90. The van der Waals surface area contributed by atoms with Crippen LogP contribution in [0, 0.1) is 0 Å². The van der Waals surface area contributed by atoms with Crippen LogP contribution < -0.4 is 5.43 Å². The molecule has 1 aromatic heterocycles. The highest BCUT2D eigenvalue weighted by atomic mass is 35.5. The third-order valence-corrected chi connectivity index (χ3v) is 4.85. The van der Waals surface area contributed by atoms with Gasteiger partial charge in [-0.1, -0.05) is 23.7 Å². The summed E-state index contributed by atoms with van der Waals surface area (Å²) >= 11 is 5.88. The fraction of sp³-hybridized carbons (Fsp3) is 0.0667. The van der Waals surface area contributed by atoms with Crippen LogP contribution in [0.25, 0.3) is 11.0 Å². The molecular weight excluding hydrogens is 338 g/mol. The third-order valence-electron chi connectivity index (χ3n) is 3.27. The first-order chi connectivity index (χ1) is 10.9. The quantitative estimate of drug-likeness (QED) is 0.787. The van der Waals surface area contributed by atoms with Gasteiger partial charge < -0.3 is 0 Å². The Morgan fingerprint density at radius 1 is 1.22 bits per heavy atom. The van der Waals surface area contributed by atoms with Crippen LogP contribution in [-0.2, 0) is 9.84 Å². The molecule has 1 N–H and O–H groups in total. The van der Waals surface area contributed by atoms with Crippen molar-refractivity contribution in [3.05, 3.63) is 59.4 Å². The molecule has 0 aliphatic heterocycles. The Balaban J connectivity index is 1.95. The van der Waals surface area contributed by atoms with Crippen molar-refractivity contribution in [1.82, 2.24) is 9.66 Å². The predicted molar refractivity (Wildman–Crippen MR) is 88.0 cm³/mol. The largest absolute Gasteiger partial charge is 0.270 e. The fourth-order valence-electron chi connectivity index (χ4n) is 2.15. The second-order valence-corrected chi connectivity index (χ2v) is 7.35. The van der Waals surface area contributed by atoms with Gasteiger partial charge in [-0.3, -0.25) is 10.2 Å². The summed E-state index contributed by atoms with van der Waals surface area (Å²) in [6, 6.07) is 11.4. The Hall–Kier alpha value is -2.38. The molecule has 8 heteroatoms. The third kappa shape index (κ3) is 3.06. The van der Waals surface area contributed by atoms with E-state index in [2.05, 4.69) is 10.4 Å². The van der Waals surface area contributed by atoms with Gasteiger partial charge in [0.1, 0.15) is 6.33 Å². The number of hydrogen-bond donors (Lipinski definition) is 1. The molecule has 0 radical (unpaired) electrons. The molecule has 3 aromatic rings. The number of carbonyl (C=O) groups excluding carboxylic acids is 1. The summed E-state index contributed by atoms with van der Waals surface area (Å²) in [5.74, 6) is -0.463. The first kappa shape index (κ1) is 15.5. The van der Waals surface area contributed by atoms with E-state index in [9.17, 15) is 13.2 Å². The van der Waals surface area contributed by atoms with E-state index >= 15 is 0 Å². The number of amides is 1. The normalized spacial score (nSPS) is 11.6. The minimum atomic E-state index is -3.52. The maximum Gasteiger partial charge on any atom is 0.270 e. The Bertz CT molecular complexity index is 1010. The number of sulfone groups is 1. The van der Waals surface area contributed by atoms with Crippen molar-refractivity contribution in [1.29, 1.82) is 0 Å². The van der Waals surface area contributed by atoms with Crippen molar-refractivity contribution >= 4 is 38.4 Å². The number of halogens is 1. The van der Waals surface area contributed by atoms with Gasteiger partial charge in [0.2, 0.25) is 0 Å². The number of carbonyl (C=O) groups is 1. The summed E-state index contributed by atoms with van der Waals surface area (Å²) in [7, 11) is -3.52. The smallest absolute Gasteiger partial charge is 0.267 e. The summed E-state index contributed by atoms with van der Waals surface area (Å²) in [6.07, 6.45) is 2.52. The van der Waals surface area contributed by atoms with Gasteiger partial charge in [-0.2, -0.15) is 0 Å². The number of rotatable bonds is 3. The molecule has 0 atom stereocenters. The molecule has 2 aromatic carbocycles. The molecule has 1 heterocycles. The number of imidazole rings is 1. The second kappa shape index (κ2) is 5.68. The monoisotopic (exact) mass is 349 g/mol. The van der Waals surface area contributed by atoms with Crippen molar-refractivity contribution in [2.45, 2.75) is 4.90 Å². The standard InChI is InChI=1S/C15H12ClN3O3S/c1-23(21,22)14-8-10(6-7-11(14)16)15(20)18-19-9-17-12-4-2-3-5-13(12)19/h2-9H,1H3,(H,18,20). The number of benzene rings is 2. The van der Waals surface area contributed by atoms with Crippen molar-refractivity contribution < 1.29 is 13.2 Å². The molecule has 6 nitrogen and oxygen atoms in total. The molecule has 0 bridgehead atoms.